The van der Waals surface area contributed by atoms with Gasteiger partial charge in [0.05, 0.1) is 10.7 Å². The summed E-state index contributed by atoms with van der Waals surface area (Å²) in [5.41, 5.74) is 7.44. The first-order valence-corrected chi connectivity index (χ1v) is 7.25. The van der Waals surface area contributed by atoms with Gasteiger partial charge in [0.1, 0.15) is 5.58 Å². The van der Waals surface area contributed by atoms with Gasteiger partial charge in [0, 0.05) is 15.5 Å². The van der Waals surface area contributed by atoms with Gasteiger partial charge < -0.3 is 15.5 Å². The van der Waals surface area contributed by atoms with Gasteiger partial charge in [-0.15, -0.1) is 0 Å². The second-order valence-electron chi connectivity index (χ2n) is 4.49. The van der Waals surface area contributed by atoms with Gasteiger partial charge in [-0.25, -0.2) is 0 Å². The fourth-order valence-electron chi connectivity index (χ4n) is 1.95. The first-order chi connectivity index (χ1) is 10.0. The lowest BCUT2D eigenvalue weighted by atomic mass is 10.2. The van der Waals surface area contributed by atoms with Gasteiger partial charge in [0.15, 0.2) is 5.76 Å². The number of benzene rings is 2. The second-order valence-corrected chi connectivity index (χ2v) is 5.81. The van der Waals surface area contributed by atoms with Crippen LogP contribution in [-0.4, -0.2) is 5.91 Å². The summed E-state index contributed by atoms with van der Waals surface area (Å²) in [6.07, 6.45) is 0. The summed E-state index contributed by atoms with van der Waals surface area (Å²) >= 11 is 9.38. The number of amides is 1. The third-order valence-electron chi connectivity index (χ3n) is 2.94. The van der Waals surface area contributed by atoms with Crippen LogP contribution in [0.5, 0.6) is 0 Å². The van der Waals surface area contributed by atoms with Crippen LogP contribution in [0.3, 0.4) is 0 Å². The minimum atomic E-state index is -0.371. The van der Waals surface area contributed by atoms with Crippen molar-refractivity contribution in [2.45, 2.75) is 0 Å². The molecule has 21 heavy (non-hydrogen) atoms. The van der Waals surface area contributed by atoms with Crippen molar-refractivity contribution in [1.29, 1.82) is 0 Å². The zero-order valence-electron chi connectivity index (χ0n) is 10.7. The molecule has 2 aromatic carbocycles. The van der Waals surface area contributed by atoms with Gasteiger partial charge in [0.25, 0.3) is 5.91 Å². The molecule has 0 atom stereocenters. The third-order valence-corrected chi connectivity index (χ3v) is 3.76. The average molecular weight is 366 g/mol. The molecule has 0 aliphatic carbocycles. The molecule has 0 saturated heterocycles. The largest absolute Gasteiger partial charge is 0.451 e. The molecule has 0 saturated carbocycles. The number of furan rings is 1. The summed E-state index contributed by atoms with van der Waals surface area (Å²) in [6.45, 7) is 0. The maximum atomic E-state index is 12.2. The van der Waals surface area contributed by atoms with Crippen LogP contribution in [0.4, 0.5) is 11.4 Å². The summed E-state index contributed by atoms with van der Waals surface area (Å²) in [4.78, 5) is 12.2. The van der Waals surface area contributed by atoms with E-state index >= 15 is 0 Å². The first kappa shape index (κ1) is 14.0. The monoisotopic (exact) mass is 364 g/mol. The van der Waals surface area contributed by atoms with Crippen molar-refractivity contribution in [3.8, 4) is 0 Å². The van der Waals surface area contributed by atoms with Crippen molar-refractivity contribution in [1.82, 2.24) is 0 Å². The van der Waals surface area contributed by atoms with Crippen LogP contribution < -0.4 is 11.1 Å². The van der Waals surface area contributed by atoms with E-state index in [4.69, 9.17) is 21.8 Å². The molecule has 1 heterocycles. The van der Waals surface area contributed by atoms with Crippen molar-refractivity contribution in [2.75, 3.05) is 11.1 Å². The summed E-state index contributed by atoms with van der Waals surface area (Å²) < 4.78 is 6.32. The number of nitrogen functional groups attached to an aromatic ring is 1. The smallest absolute Gasteiger partial charge is 0.291 e. The van der Waals surface area contributed by atoms with Crippen LogP contribution in [0.1, 0.15) is 10.6 Å². The number of hydrogen-bond donors (Lipinski definition) is 2. The number of fused-ring (bicyclic) bond motifs is 1. The molecule has 1 aromatic heterocycles. The van der Waals surface area contributed by atoms with Crippen LogP contribution in [-0.2, 0) is 0 Å². The molecule has 1 amide bonds. The Hall–Kier alpha value is -1.98. The molecule has 0 radical (unpaired) electrons. The predicted molar refractivity (Wildman–Crippen MR) is 87.7 cm³/mol. The Labute approximate surface area is 134 Å². The zero-order chi connectivity index (χ0) is 15.0. The van der Waals surface area contributed by atoms with Crippen LogP contribution >= 0.6 is 27.5 Å². The molecule has 3 aromatic rings. The molecule has 0 aliphatic rings. The SMILES string of the molecule is Nc1ccc2oc(C(=O)Nc3cc(Br)ccc3Cl)cc2c1. The van der Waals surface area contributed by atoms with Gasteiger partial charge in [-0.3, -0.25) is 4.79 Å². The molecule has 3 rings (SSSR count). The second kappa shape index (κ2) is 5.42. The fraction of sp³-hybridized carbons (Fsp3) is 0. The highest BCUT2D eigenvalue weighted by Gasteiger charge is 2.14. The highest BCUT2D eigenvalue weighted by Crippen LogP contribution is 2.27. The van der Waals surface area contributed by atoms with E-state index in [1.807, 2.05) is 0 Å². The molecule has 0 unspecified atom stereocenters. The Bertz CT molecular complexity index is 845. The minimum Gasteiger partial charge on any atom is -0.451 e. The third kappa shape index (κ3) is 2.89. The molecule has 106 valence electrons. The molecule has 4 nitrogen and oxygen atoms in total. The van der Waals surface area contributed by atoms with E-state index in [1.54, 1.807) is 42.5 Å². The minimum absolute atomic E-state index is 0.201. The Balaban J connectivity index is 1.91. The van der Waals surface area contributed by atoms with Gasteiger partial charge in [-0.2, -0.15) is 0 Å². The first-order valence-electron chi connectivity index (χ1n) is 6.08. The topological polar surface area (TPSA) is 68.3 Å². The number of nitrogens with two attached hydrogens (primary N) is 1. The van der Waals surface area contributed by atoms with Gasteiger partial charge in [0.2, 0.25) is 0 Å². The van der Waals surface area contributed by atoms with Crippen LogP contribution in [0.15, 0.2) is 51.4 Å². The van der Waals surface area contributed by atoms with E-state index in [9.17, 15) is 4.79 Å². The fourth-order valence-corrected chi connectivity index (χ4v) is 2.48. The lowest BCUT2D eigenvalue weighted by Crippen LogP contribution is -2.11. The number of halogens is 2. The molecule has 0 spiro atoms. The van der Waals surface area contributed by atoms with Crippen molar-refractivity contribution in [3.63, 3.8) is 0 Å². The Morgan fingerprint density at radius 3 is 2.81 bits per heavy atom. The van der Waals surface area contributed by atoms with E-state index in [2.05, 4.69) is 21.2 Å². The molecular weight excluding hydrogens is 356 g/mol. The maximum Gasteiger partial charge on any atom is 0.291 e. The van der Waals surface area contributed by atoms with E-state index in [1.165, 1.54) is 0 Å². The molecule has 0 fully saturated rings. The Morgan fingerprint density at radius 1 is 1.19 bits per heavy atom. The van der Waals surface area contributed by atoms with Gasteiger partial charge in [-0.1, -0.05) is 27.5 Å². The molecule has 3 N–H and O–H groups in total. The predicted octanol–water partition coefficient (Wildman–Crippen LogP) is 4.68. The van der Waals surface area contributed by atoms with Crippen molar-refractivity contribution < 1.29 is 9.21 Å². The van der Waals surface area contributed by atoms with E-state index in [0.717, 1.165) is 9.86 Å². The summed E-state index contributed by atoms with van der Waals surface area (Å²) in [5, 5.41) is 3.95. The molecular formula is C15H10BrClN2O2. The average Bonchev–Trinajstić information content (AvgIpc) is 2.86. The standard InChI is InChI=1S/C15H10BrClN2O2/c16-9-1-3-11(17)12(7-9)19-15(20)14-6-8-5-10(18)2-4-13(8)21-14/h1-7H,18H2,(H,19,20). The number of anilines is 2. The van der Waals surface area contributed by atoms with Gasteiger partial charge >= 0.3 is 0 Å². The van der Waals surface area contributed by atoms with Crippen molar-refractivity contribution in [3.05, 3.63) is 57.7 Å². The van der Waals surface area contributed by atoms with Crippen LogP contribution in [0, 0.1) is 0 Å². The van der Waals surface area contributed by atoms with Crippen molar-refractivity contribution in [2.24, 2.45) is 0 Å². The normalized spacial score (nSPS) is 10.8. The Kier molecular flexibility index (Phi) is 3.61. The quantitative estimate of drug-likeness (QED) is 0.648. The number of carbonyl (C=O) groups is 1. The molecule has 6 heteroatoms. The lowest BCUT2D eigenvalue weighted by molar-refractivity contribution is 0.0998. The van der Waals surface area contributed by atoms with Crippen molar-refractivity contribution >= 4 is 55.8 Å². The summed E-state index contributed by atoms with van der Waals surface area (Å²) in [6, 6.07) is 12.1. The number of rotatable bonds is 2. The maximum absolute atomic E-state index is 12.2. The van der Waals surface area contributed by atoms with Gasteiger partial charge in [-0.05, 0) is 42.5 Å². The van der Waals surface area contributed by atoms with E-state index < -0.39 is 0 Å². The summed E-state index contributed by atoms with van der Waals surface area (Å²) in [7, 11) is 0. The number of hydrogen-bond acceptors (Lipinski definition) is 3. The highest BCUT2D eigenvalue weighted by molar-refractivity contribution is 9.10. The van der Waals surface area contributed by atoms with E-state index in [0.29, 0.717) is 22.0 Å². The summed E-state index contributed by atoms with van der Waals surface area (Å²) in [5.74, 6) is -0.170. The number of nitrogens with one attached hydrogen (secondary N) is 1. The van der Waals surface area contributed by atoms with Crippen LogP contribution in [0.2, 0.25) is 5.02 Å². The lowest BCUT2D eigenvalue weighted by Gasteiger charge is -2.05. The van der Waals surface area contributed by atoms with E-state index in [-0.39, 0.29) is 11.7 Å². The molecule has 0 aliphatic heterocycles. The zero-order valence-corrected chi connectivity index (χ0v) is 13.0. The molecule has 0 bridgehead atoms. The highest BCUT2D eigenvalue weighted by atomic mass is 79.9. The Morgan fingerprint density at radius 2 is 2.00 bits per heavy atom. The van der Waals surface area contributed by atoms with Crippen LogP contribution in [0.25, 0.3) is 11.0 Å². The number of carbonyl (C=O) groups excluding carboxylic acids is 1.